The summed E-state index contributed by atoms with van der Waals surface area (Å²) in [6.45, 7) is 1.90. The van der Waals surface area contributed by atoms with Crippen LogP contribution in [0.2, 0.25) is 0 Å². The first-order chi connectivity index (χ1) is 10.9. The van der Waals surface area contributed by atoms with Crippen molar-refractivity contribution in [2.75, 3.05) is 52.2 Å². The number of hydrogen-bond acceptors (Lipinski definition) is 5. The SMILES string of the molecule is COCCCS(=O)(=O)N1CCN(C(=O)NCCCC(=O)O)CC1. The van der Waals surface area contributed by atoms with Crippen molar-refractivity contribution in [2.45, 2.75) is 19.3 Å². The first-order valence-corrected chi connectivity index (χ1v) is 9.19. The van der Waals surface area contributed by atoms with E-state index in [2.05, 4.69) is 5.32 Å². The van der Waals surface area contributed by atoms with Crippen LogP contribution in [0.25, 0.3) is 0 Å². The largest absolute Gasteiger partial charge is 0.481 e. The van der Waals surface area contributed by atoms with E-state index in [-0.39, 0.29) is 31.3 Å². The van der Waals surface area contributed by atoms with Gasteiger partial charge in [0.05, 0.1) is 5.75 Å². The van der Waals surface area contributed by atoms with E-state index in [1.165, 1.54) is 11.4 Å². The molecule has 0 aliphatic carbocycles. The maximum atomic E-state index is 12.1. The van der Waals surface area contributed by atoms with Crippen LogP contribution in [0.3, 0.4) is 0 Å². The molecule has 0 saturated carbocycles. The number of aliphatic carboxylic acids is 1. The quantitative estimate of drug-likeness (QED) is 0.543. The van der Waals surface area contributed by atoms with E-state index in [9.17, 15) is 18.0 Å². The van der Waals surface area contributed by atoms with Gasteiger partial charge in [-0.3, -0.25) is 4.79 Å². The van der Waals surface area contributed by atoms with Crippen molar-refractivity contribution in [3.05, 3.63) is 0 Å². The minimum absolute atomic E-state index is 0.00771. The number of hydrogen-bond donors (Lipinski definition) is 2. The number of methoxy groups -OCH3 is 1. The smallest absolute Gasteiger partial charge is 0.317 e. The van der Waals surface area contributed by atoms with Gasteiger partial charge in [-0.05, 0) is 12.8 Å². The van der Waals surface area contributed by atoms with Gasteiger partial charge >= 0.3 is 12.0 Å². The van der Waals surface area contributed by atoms with Gasteiger partial charge in [-0.1, -0.05) is 0 Å². The lowest BCUT2D eigenvalue weighted by molar-refractivity contribution is -0.137. The molecule has 23 heavy (non-hydrogen) atoms. The van der Waals surface area contributed by atoms with Crippen LogP contribution < -0.4 is 5.32 Å². The number of sulfonamides is 1. The maximum Gasteiger partial charge on any atom is 0.317 e. The van der Waals surface area contributed by atoms with Gasteiger partial charge in [0.25, 0.3) is 0 Å². The van der Waals surface area contributed by atoms with Gasteiger partial charge in [-0.25, -0.2) is 13.2 Å². The monoisotopic (exact) mass is 351 g/mol. The van der Waals surface area contributed by atoms with Gasteiger partial charge in [0.1, 0.15) is 0 Å². The highest BCUT2D eigenvalue weighted by Crippen LogP contribution is 2.09. The predicted molar refractivity (Wildman–Crippen MR) is 83.7 cm³/mol. The number of amides is 2. The van der Waals surface area contributed by atoms with E-state index in [1.54, 1.807) is 4.90 Å². The van der Waals surface area contributed by atoms with Crippen LogP contribution in [0.1, 0.15) is 19.3 Å². The molecule has 10 heteroatoms. The van der Waals surface area contributed by atoms with Crippen LogP contribution >= 0.6 is 0 Å². The summed E-state index contributed by atoms with van der Waals surface area (Å²) < 4.78 is 30.5. The molecule has 1 aliphatic heterocycles. The van der Waals surface area contributed by atoms with Crippen molar-refractivity contribution in [2.24, 2.45) is 0 Å². The van der Waals surface area contributed by atoms with Crippen molar-refractivity contribution in [1.82, 2.24) is 14.5 Å². The Labute approximate surface area is 136 Å². The summed E-state index contributed by atoms with van der Waals surface area (Å²) in [7, 11) is -1.78. The maximum absolute atomic E-state index is 12.1. The predicted octanol–water partition coefficient (Wildman–Crippen LogP) is -0.455. The molecule has 0 aromatic heterocycles. The molecule has 0 aromatic carbocycles. The van der Waals surface area contributed by atoms with Crippen molar-refractivity contribution in [3.63, 3.8) is 0 Å². The summed E-state index contributed by atoms with van der Waals surface area (Å²) in [5.74, 6) is -0.853. The Kier molecular flexibility index (Phi) is 8.28. The summed E-state index contributed by atoms with van der Waals surface area (Å²) >= 11 is 0. The van der Waals surface area contributed by atoms with Crippen LogP contribution in [-0.2, 0) is 19.6 Å². The van der Waals surface area contributed by atoms with E-state index >= 15 is 0 Å². The number of urea groups is 1. The van der Waals surface area contributed by atoms with Crippen molar-refractivity contribution in [3.8, 4) is 0 Å². The molecule has 0 atom stereocenters. The Hall–Kier alpha value is -1.39. The molecule has 1 fully saturated rings. The molecule has 0 aromatic rings. The Bertz CT molecular complexity index is 488. The zero-order valence-corrected chi connectivity index (χ0v) is 14.2. The molecule has 2 N–H and O–H groups in total. The molecule has 134 valence electrons. The lowest BCUT2D eigenvalue weighted by atomic mass is 10.3. The average Bonchev–Trinajstić information content (AvgIpc) is 2.51. The molecule has 0 spiro atoms. The molecule has 1 saturated heterocycles. The zero-order chi connectivity index (χ0) is 17.3. The van der Waals surface area contributed by atoms with Gasteiger partial charge in [-0.15, -0.1) is 0 Å². The molecule has 2 amide bonds. The third-order valence-corrected chi connectivity index (χ3v) is 5.47. The Morgan fingerprint density at radius 3 is 2.39 bits per heavy atom. The van der Waals surface area contributed by atoms with E-state index < -0.39 is 16.0 Å². The first-order valence-electron chi connectivity index (χ1n) is 7.58. The van der Waals surface area contributed by atoms with Crippen LogP contribution in [0, 0.1) is 0 Å². The van der Waals surface area contributed by atoms with Gasteiger partial charge in [0, 0.05) is 52.9 Å². The molecule has 9 nitrogen and oxygen atoms in total. The summed E-state index contributed by atoms with van der Waals surface area (Å²) in [5.41, 5.74) is 0. The normalized spacial score (nSPS) is 16.3. The summed E-state index contributed by atoms with van der Waals surface area (Å²) in [5, 5.41) is 11.2. The molecule has 1 rings (SSSR count). The number of carboxylic acid groups (broad SMARTS) is 1. The number of rotatable bonds is 9. The Morgan fingerprint density at radius 2 is 1.83 bits per heavy atom. The molecular weight excluding hydrogens is 326 g/mol. The minimum atomic E-state index is -3.31. The second kappa shape index (κ2) is 9.68. The number of nitrogens with one attached hydrogen (secondary N) is 1. The van der Waals surface area contributed by atoms with E-state index in [0.29, 0.717) is 39.1 Å². The van der Waals surface area contributed by atoms with Gasteiger partial charge in [0.15, 0.2) is 0 Å². The van der Waals surface area contributed by atoms with Crippen LogP contribution in [0.5, 0.6) is 0 Å². The number of ether oxygens (including phenoxy) is 1. The fourth-order valence-corrected chi connectivity index (χ4v) is 3.69. The van der Waals surface area contributed by atoms with Crippen LogP contribution in [0.15, 0.2) is 0 Å². The highest BCUT2D eigenvalue weighted by atomic mass is 32.2. The van der Waals surface area contributed by atoms with E-state index in [4.69, 9.17) is 9.84 Å². The highest BCUT2D eigenvalue weighted by molar-refractivity contribution is 7.89. The van der Waals surface area contributed by atoms with Crippen molar-refractivity contribution < 1.29 is 27.9 Å². The van der Waals surface area contributed by atoms with E-state index in [0.717, 1.165) is 0 Å². The molecule has 0 unspecified atom stereocenters. The second-order valence-electron chi connectivity index (χ2n) is 5.28. The van der Waals surface area contributed by atoms with E-state index in [1.807, 2.05) is 0 Å². The third-order valence-electron chi connectivity index (χ3n) is 3.51. The molecule has 1 aliphatic rings. The fourth-order valence-electron chi connectivity index (χ4n) is 2.23. The van der Waals surface area contributed by atoms with Gasteiger partial charge < -0.3 is 20.1 Å². The lowest BCUT2D eigenvalue weighted by Gasteiger charge is -2.34. The fraction of sp³-hybridized carbons (Fsp3) is 0.846. The number of piperazine rings is 1. The Balaban J connectivity index is 2.31. The number of carbonyl (C=O) groups is 2. The van der Waals surface area contributed by atoms with Crippen LogP contribution in [-0.4, -0.2) is 86.9 Å². The molecular formula is C13H25N3O6S. The topological polar surface area (TPSA) is 116 Å². The summed E-state index contributed by atoms with van der Waals surface area (Å²) in [4.78, 5) is 23.8. The average molecular weight is 351 g/mol. The van der Waals surface area contributed by atoms with Crippen molar-refractivity contribution >= 4 is 22.0 Å². The van der Waals surface area contributed by atoms with Crippen molar-refractivity contribution in [1.29, 1.82) is 0 Å². The lowest BCUT2D eigenvalue weighted by Crippen LogP contribution is -2.53. The molecule has 0 radical (unpaired) electrons. The second-order valence-corrected chi connectivity index (χ2v) is 7.37. The zero-order valence-electron chi connectivity index (χ0n) is 13.4. The highest BCUT2D eigenvalue weighted by Gasteiger charge is 2.28. The number of nitrogens with zero attached hydrogens (tertiary/aromatic N) is 2. The number of carbonyl (C=O) groups excluding carboxylic acids is 1. The summed E-state index contributed by atoms with van der Waals surface area (Å²) in [6, 6.07) is -0.285. The third kappa shape index (κ3) is 7.14. The molecule has 1 heterocycles. The standard InChI is InChI=1S/C13H25N3O6S/c1-22-10-3-11-23(20,21)16-8-6-15(7-9-16)13(19)14-5-2-4-12(17)18/h2-11H2,1H3,(H,14,19)(H,17,18). The Morgan fingerprint density at radius 1 is 1.17 bits per heavy atom. The van der Waals surface area contributed by atoms with Gasteiger partial charge in [-0.2, -0.15) is 4.31 Å². The number of carboxylic acids is 1. The minimum Gasteiger partial charge on any atom is -0.481 e. The summed E-state index contributed by atoms with van der Waals surface area (Å²) in [6.07, 6.45) is 0.825. The first kappa shape index (κ1) is 19.7. The van der Waals surface area contributed by atoms with Crippen LogP contribution in [0.4, 0.5) is 4.79 Å². The van der Waals surface area contributed by atoms with Gasteiger partial charge in [0.2, 0.25) is 10.0 Å². The molecule has 0 bridgehead atoms.